The minimum atomic E-state index is -3.72. The lowest BCUT2D eigenvalue weighted by atomic mass is 9.92. The molecule has 2 aromatic carbocycles. The van der Waals surface area contributed by atoms with Gasteiger partial charge in [-0.2, -0.15) is 0 Å². The van der Waals surface area contributed by atoms with Gasteiger partial charge in [-0.1, -0.05) is 0 Å². The number of halogens is 1. The number of hydrogen-bond acceptors (Lipinski definition) is 5. The van der Waals surface area contributed by atoms with Crippen LogP contribution in [-0.4, -0.2) is 26.9 Å². The van der Waals surface area contributed by atoms with Gasteiger partial charge in [0.15, 0.2) is 0 Å². The van der Waals surface area contributed by atoms with Gasteiger partial charge >= 0.3 is 0 Å². The van der Waals surface area contributed by atoms with Gasteiger partial charge in [-0.25, -0.2) is 13.6 Å². The van der Waals surface area contributed by atoms with E-state index >= 15 is 0 Å². The lowest BCUT2D eigenvalue weighted by Crippen LogP contribution is -2.40. The zero-order valence-electron chi connectivity index (χ0n) is 15.4. The summed E-state index contributed by atoms with van der Waals surface area (Å²) in [5.74, 6) is 1.12. The van der Waals surface area contributed by atoms with Crippen LogP contribution in [0.25, 0.3) is 0 Å². The fourth-order valence-electron chi connectivity index (χ4n) is 3.05. The van der Waals surface area contributed by atoms with Crippen LogP contribution in [0.4, 0.5) is 5.69 Å². The van der Waals surface area contributed by atoms with E-state index in [4.69, 9.17) is 9.88 Å². The third-order valence-corrected chi connectivity index (χ3v) is 5.43. The number of piperidine rings is 1. The predicted octanol–water partition coefficient (Wildman–Crippen LogP) is 2.87. The third-order valence-electron chi connectivity index (χ3n) is 4.50. The molecule has 0 spiro atoms. The highest BCUT2D eigenvalue weighted by molar-refractivity contribution is 7.89. The van der Waals surface area contributed by atoms with Crippen molar-refractivity contribution in [2.24, 2.45) is 11.1 Å². The van der Waals surface area contributed by atoms with Crippen molar-refractivity contribution in [2.45, 2.75) is 30.7 Å². The zero-order valence-corrected chi connectivity index (χ0v) is 17.1. The highest BCUT2D eigenvalue weighted by Crippen LogP contribution is 2.25. The molecule has 28 heavy (non-hydrogen) atoms. The van der Waals surface area contributed by atoms with Crippen molar-refractivity contribution in [2.75, 3.05) is 11.9 Å². The van der Waals surface area contributed by atoms with E-state index in [2.05, 4.69) is 17.6 Å². The second kappa shape index (κ2) is 9.38. The summed E-state index contributed by atoms with van der Waals surface area (Å²) in [6.07, 6.45) is 1.67. The second-order valence-corrected chi connectivity index (χ2v) is 8.27. The van der Waals surface area contributed by atoms with Crippen LogP contribution in [0, 0.1) is 5.92 Å². The number of primary sulfonamides is 1. The lowest BCUT2D eigenvalue weighted by molar-refractivity contribution is -0.120. The second-order valence-electron chi connectivity index (χ2n) is 6.71. The standard InChI is InChI=1S/C19H23N3O4S.ClH/c1-13-12-14(10-11-21-13)19(23)22-15-2-4-16(5-3-15)26-17-6-8-18(9-7-17)27(20,24)25;/h2-9,13-14,21H,10-12H2,1H3,(H,22,23)(H2,20,24,25);1H/t13-,14-;/m0./s1. The topological polar surface area (TPSA) is 111 Å². The molecule has 9 heteroatoms. The fraction of sp³-hybridized carbons (Fsp3) is 0.316. The summed E-state index contributed by atoms with van der Waals surface area (Å²) in [5.41, 5.74) is 0.711. The van der Waals surface area contributed by atoms with Gasteiger partial charge in [0, 0.05) is 17.6 Å². The number of carbonyl (C=O) groups excluding carboxylic acids is 1. The van der Waals surface area contributed by atoms with Gasteiger partial charge in [0.25, 0.3) is 0 Å². The molecule has 0 unspecified atom stereocenters. The summed E-state index contributed by atoms with van der Waals surface area (Å²) in [6, 6.07) is 13.2. The summed E-state index contributed by atoms with van der Waals surface area (Å²) in [4.78, 5) is 12.4. The number of nitrogens with two attached hydrogens (primary N) is 1. The van der Waals surface area contributed by atoms with Crippen molar-refractivity contribution in [3.63, 3.8) is 0 Å². The van der Waals surface area contributed by atoms with Crippen LogP contribution in [0.1, 0.15) is 19.8 Å². The first-order valence-corrected chi connectivity index (χ1v) is 10.3. The summed E-state index contributed by atoms with van der Waals surface area (Å²) < 4.78 is 28.2. The van der Waals surface area contributed by atoms with Gasteiger partial charge in [0.1, 0.15) is 11.5 Å². The van der Waals surface area contributed by atoms with Gasteiger partial charge in [0.05, 0.1) is 4.90 Å². The largest absolute Gasteiger partial charge is 0.457 e. The molecular formula is C19H24ClN3O4S. The van der Waals surface area contributed by atoms with Gasteiger partial charge in [-0.15, -0.1) is 12.4 Å². The van der Waals surface area contributed by atoms with Crippen molar-refractivity contribution in [3.05, 3.63) is 48.5 Å². The van der Waals surface area contributed by atoms with E-state index in [0.29, 0.717) is 23.2 Å². The molecule has 1 aliphatic rings. The minimum absolute atomic E-state index is 0. The lowest BCUT2D eigenvalue weighted by Gasteiger charge is -2.27. The van der Waals surface area contributed by atoms with Crippen LogP contribution in [0.15, 0.2) is 53.4 Å². The van der Waals surface area contributed by atoms with Crippen LogP contribution < -0.4 is 20.5 Å². The summed E-state index contributed by atoms with van der Waals surface area (Å²) >= 11 is 0. The Balaban J connectivity index is 0.00000280. The Bertz CT molecular complexity index is 902. The van der Waals surface area contributed by atoms with Crippen LogP contribution in [0.3, 0.4) is 0 Å². The van der Waals surface area contributed by atoms with Gasteiger partial charge < -0.3 is 15.4 Å². The summed E-state index contributed by atoms with van der Waals surface area (Å²) in [5, 5.41) is 11.4. The van der Waals surface area contributed by atoms with Crippen molar-refractivity contribution < 1.29 is 17.9 Å². The number of nitrogens with one attached hydrogen (secondary N) is 2. The molecule has 4 N–H and O–H groups in total. The number of sulfonamides is 1. The minimum Gasteiger partial charge on any atom is -0.457 e. The molecule has 1 aliphatic heterocycles. The molecule has 1 fully saturated rings. The van der Waals surface area contributed by atoms with Gasteiger partial charge in [-0.05, 0) is 74.8 Å². The average molecular weight is 426 g/mol. The first kappa shape index (κ1) is 22.2. The maximum atomic E-state index is 12.4. The first-order chi connectivity index (χ1) is 12.8. The number of benzene rings is 2. The Morgan fingerprint density at radius 1 is 1.11 bits per heavy atom. The van der Waals surface area contributed by atoms with Crippen molar-refractivity contribution in [1.82, 2.24) is 5.32 Å². The molecule has 3 rings (SSSR count). The van der Waals surface area contributed by atoms with Crippen molar-refractivity contribution in [3.8, 4) is 11.5 Å². The SMILES string of the molecule is C[C@H]1C[C@@H](C(=O)Nc2ccc(Oc3ccc(S(N)(=O)=O)cc3)cc2)CCN1.Cl. The molecule has 1 heterocycles. The van der Waals surface area contributed by atoms with E-state index in [1.54, 1.807) is 24.3 Å². The number of hydrogen-bond donors (Lipinski definition) is 3. The highest BCUT2D eigenvalue weighted by atomic mass is 35.5. The van der Waals surface area contributed by atoms with Crippen LogP contribution in [-0.2, 0) is 14.8 Å². The number of carbonyl (C=O) groups is 1. The van der Waals surface area contributed by atoms with E-state index in [1.165, 1.54) is 24.3 Å². The van der Waals surface area contributed by atoms with Crippen LogP contribution in [0.2, 0.25) is 0 Å². The number of amides is 1. The maximum Gasteiger partial charge on any atom is 0.238 e. The molecule has 0 aliphatic carbocycles. The van der Waals surface area contributed by atoms with Gasteiger partial charge in [0.2, 0.25) is 15.9 Å². The van der Waals surface area contributed by atoms with E-state index in [0.717, 1.165) is 19.4 Å². The number of anilines is 1. The van der Waals surface area contributed by atoms with E-state index in [-0.39, 0.29) is 29.1 Å². The van der Waals surface area contributed by atoms with E-state index in [1.807, 2.05) is 0 Å². The smallest absolute Gasteiger partial charge is 0.238 e. The molecule has 0 radical (unpaired) electrons. The Morgan fingerprint density at radius 2 is 1.68 bits per heavy atom. The summed E-state index contributed by atoms with van der Waals surface area (Å²) in [7, 11) is -3.72. The normalized spacial score (nSPS) is 19.4. The Hall–Kier alpha value is -2.13. The summed E-state index contributed by atoms with van der Waals surface area (Å²) in [6.45, 7) is 2.94. The third kappa shape index (κ3) is 5.93. The van der Waals surface area contributed by atoms with Crippen molar-refractivity contribution in [1.29, 1.82) is 0 Å². The van der Waals surface area contributed by atoms with Gasteiger partial charge in [-0.3, -0.25) is 4.79 Å². The first-order valence-electron chi connectivity index (χ1n) is 8.76. The fourth-order valence-corrected chi connectivity index (χ4v) is 3.57. The molecule has 0 aromatic heterocycles. The molecule has 152 valence electrons. The average Bonchev–Trinajstić information content (AvgIpc) is 2.63. The van der Waals surface area contributed by atoms with E-state index in [9.17, 15) is 13.2 Å². The Morgan fingerprint density at radius 3 is 2.21 bits per heavy atom. The monoisotopic (exact) mass is 425 g/mol. The Labute approximate surface area is 171 Å². The number of ether oxygens (including phenoxy) is 1. The molecule has 2 atom stereocenters. The molecule has 1 saturated heterocycles. The highest BCUT2D eigenvalue weighted by Gasteiger charge is 2.24. The van der Waals surface area contributed by atoms with Crippen LogP contribution >= 0.6 is 12.4 Å². The quantitative estimate of drug-likeness (QED) is 0.682. The van der Waals surface area contributed by atoms with Crippen molar-refractivity contribution >= 4 is 34.0 Å². The van der Waals surface area contributed by atoms with Crippen LogP contribution in [0.5, 0.6) is 11.5 Å². The maximum absolute atomic E-state index is 12.4. The molecule has 0 saturated carbocycles. The molecule has 2 aromatic rings. The molecule has 7 nitrogen and oxygen atoms in total. The zero-order chi connectivity index (χ0) is 19.4. The molecule has 0 bridgehead atoms. The molecule has 1 amide bonds. The Kier molecular flexibility index (Phi) is 7.42. The van der Waals surface area contributed by atoms with E-state index < -0.39 is 10.0 Å². The number of rotatable bonds is 5. The predicted molar refractivity (Wildman–Crippen MR) is 110 cm³/mol. The molecular weight excluding hydrogens is 402 g/mol.